The summed E-state index contributed by atoms with van der Waals surface area (Å²) in [5.41, 5.74) is 7.38. The number of nitrogens with one attached hydrogen (secondary N) is 1. The van der Waals surface area contributed by atoms with E-state index in [2.05, 4.69) is 11.9 Å². The fraction of sp³-hybridized carbons (Fsp3) is 0.533. The normalized spacial score (nSPS) is 16.3. The minimum atomic E-state index is 0.0992. The number of benzene rings is 1. The van der Waals surface area contributed by atoms with Gasteiger partial charge in [-0.05, 0) is 37.0 Å². The van der Waals surface area contributed by atoms with Gasteiger partial charge in [-0.25, -0.2) is 0 Å². The van der Waals surface area contributed by atoms with Crippen molar-refractivity contribution in [3.63, 3.8) is 0 Å². The van der Waals surface area contributed by atoms with Gasteiger partial charge in [0.1, 0.15) is 5.84 Å². The Morgan fingerprint density at radius 1 is 1.37 bits per heavy atom. The molecule has 1 aromatic rings. The van der Waals surface area contributed by atoms with Crippen LogP contribution in [0, 0.1) is 11.3 Å². The first kappa shape index (κ1) is 14.2. The van der Waals surface area contributed by atoms with Crippen molar-refractivity contribution in [3.05, 3.63) is 28.8 Å². The van der Waals surface area contributed by atoms with E-state index in [1.54, 1.807) is 6.07 Å². The monoisotopic (exact) mass is 279 g/mol. The number of amidine groups is 1. The van der Waals surface area contributed by atoms with Crippen molar-refractivity contribution >= 4 is 23.1 Å². The van der Waals surface area contributed by atoms with Crippen LogP contribution in [0.3, 0.4) is 0 Å². The molecule has 1 aliphatic rings. The first-order valence-electron chi connectivity index (χ1n) is 6.93. The number of nitrogens with two attached hydrogens (primary N) is 1. The van der Waals surface area contributed by atoms with Crippen LogP contribution in [0.1, 0.15) is 37.7 Å². The molecule has 0 amide bonds. The van der Waals surface area contributed by atoms with Crippen LogP contribution in [-0.2, 0) is 0 Å². The molecule has 0 atom stereocenters. The summed E-state index contributed by atoms with van der Waals surface area (Å²) in [6.07, 6.45) is 6.66. The molecular formula is C15H22ClN3. The molecule has 3 N–H and O–H groups in total. The van der Waals surface area contributed by atoms with Crippen LogP contribution in [0.25, 0.3) is 0 Å². The first-order chi connectivity index (χ1) is 9.08. The van der Waals surface area contributed by atoms with Crippen molar-refractivity contribution in [3.8, 4) is 0 Å². The van der Waals surface area contributed by atoms with E-state index < -0.39 is 0 Å². The van der Waals surface area contributed by atoms with Crippen molar-refractivity contribution < 1.29 is 0 Å². The molecule has 0 bridgehead atoms. The number of nitrogens with zero attached hydrogens (tertiary/aromatic N) is 1. The lowest BCUT2D eigenvalue weighted by Crippen LogP contribution is -2.29. The molecule has 0 saturated heterocycles. The standard InChI is InChI=1S/C15H22ClN3/c1-19(10-11-5-3-2-4-6-11)14-9-12(16)7-8-13(14)15(17)18/h7-9,11H,2-6,10H2,1H3,(H3,17,18). The van der Waals surface area contributed by atoms with Crippen molar-refractivity contribution in [2.75, 3.05) is 18.5 Å². The van der Waals surface area contributed by atoms with Crippen LogP contribution in [0.2, 0.25) is 5.02 Å². The Kier molecular flexibility index (Phi) is 4.70. The predicted molar refractivity (Wildman–Crippen MR) is 82.3 cm³/mol. The van der Waals surface area contributed by atoms with Gasteiger partial charge in [-0.1, -0.05) is 30.9 Å². The van der Waals surface area contributed by atoms with Crippen molar-refractivity contribution in [1.82, 2.24) is 0 Å². The third-order valence-electron chi connectivity index (χ3n) is 3.92. The van der Waals surface area contributed by atoms with Gasteiger partial charge >= 0.3 is 0 Å². The number of nitrogen functional groups attached to an aromatic ring is 1. The Bertz CT molecular complexity index is 453. The van der Waals surface area contributed by atoms with E-state index in [-0.39, 0.29) is 5.84 Å². The molecular weight excluding hydrogens is 258 g/mol. The minimum Gasteiger partial charge on any atom is -0.384 e. The van der Waals surface area contributed by atoms with E-state index in [0.29, 0.717) is 5.02 Å². The number of hydrogen-bond donors (Lipinski definition) is 2. The highest BCUT2D eigenvalue weighted by atomic mass is 35.5. The van der Waals surface area contributed by atoms with Gasteiger partial charge in [0.25, 0.3) is 0 Å². The minimum absolute atomic E-state index is 0.0992. The van der Waals surface area contributed by atoms with E-state index in [4.69, 9.17) is 22.7 Å². The van der Waals surface area contributed by atoms with Crippen molar-refractivity contribution in [2.24, 2.45) is 11.7 Å². The quantitative estimate of drug-likeness (QED) is 0.653. The van der Waals surface area contributed by atoms with E-state index in [1.165, 1.54) is 32.1 Å². The van der Waals surface area contributed by atoms with E-state index in [1.807, 2.05) is 12.1 Å². The second-order valence-corrected chi connectivity index (χ2v) is 5.90. The van der Waals surface area contributed by atoms with E-state index >= 15 is 0 Å². The van der Waals surface area contributed by atoms with Crippen LogP contribution in [-0.4, -0.2) is 19.4 Å². The number of halogens is 1. The van der Waals surface area contributed by atoms with Crippen LogP contribution in [0.15, 0.2) is 18.2 Å². The zero-order valence-electron chi connectivity index (χ0n) is 11.5. The SMILES string of the molecule is CN(CC1CCCCC1)c1cc(Cl)ccc1C(=N)N. The molecule has 0 radical (unpaired) electrons. The molecule has 0 heterocycles. The zero-order chi connectivity index (χ0) is 13.8. The zero-order valence-corrected chi connectivity index (χ0v) is 12.2. The van der Waals surface area contributed by atoms with Crippen LogP contribution < -0.4 is 10.6 Å². The van der Waals surface area contributed by atoms with E-state index in [0.717, 1.165) is 23.7 Å². The third kappa shape index (κ3) is 3.63. The largest absolute Gasteiger partial charge is 0.384 e. The Hall–Kier alpha value is -1.22. The maximum Gasteiger partial charge on any atom is 0.124 e. The summed E-state index contributed by atoms with van der Waals surface area (Å²) < 4.78 is 0. The number of hydrogen-bond acceptors (Lipinski definition) is 2. The molecule has 19 heavy (non-hydrogen) atoms. The molecule has 4 heteroatoms. The molecule has 104 valence electrons. The van der Waals surface area contributed by atoms with Gasteiger partial charge in [0, 0.05) is 29.9 Å². The third-order valence-corrected chi connectivity index (χ3v) is 4.15. The van der Waals surface area contributed by atoms with Crippen LogP contribution >= 0.6 is 11.6 Å². The average molecular weight is 280 g/mol. The molecule has 0 spiro atoms. The second kappa shape index (κ2) is 6.29. The lowest BCUT2D eigenvalue weighted by atomic mass is 9.89. The summed E-state index contributed by atoms with van der Waals surface area (Å²) in [4.78, 5) is 2.19. The van der Waals surface area contributed by atoms with E-state index in [9.17, 15) is 0 Å². The maximum absolute atomic E-state index is 7.67. The lowest BCUT2D eigenvalue weighted by molar-refractivity contribution is 0.362. The lowest BCUT2D eigenvalue weighted by Gasteiger charge is -2.29. The Balaban J connectivity index is 2.14. The molecule has 1 fully saturated rings. The predicted octanol–water partition coefficient (Wildman–Crippen LogP) is 3.64. The molecule has 1 aromatic carbocycles. The van der Waals surface area contributed by atoms with Gasteiger partial charge in [-0.2, -0.15) is 0 Å². The van der Waals surface area contributed by atoms with Crippen molar-refractivity contribution in [1.29, 1.82) is 5.41 Å². The molecule has 1 aliphatic carbocycles. The Morgan fingerprint density at radius 3 is 2.68 bits per heavy atom. The van der Waals surface area contributed by atoms with Gasteiger partial charge in [-0.15, -0.1) is 0 Å². The average Bonchev–Trinajstić information content (AvgIpc) is 2.39. The first-order valence-corrected chi connectivity index (χ1v) is 7.31. The van der Waals surface area contributed by atoms with Gasteiger partial charge in [0.15, 0.2) is 0 Å². The molecule has 3 nitrogen and oxygen atoms in total. The van der Waals surface area contributed by atoms with Gasteiger partial charge in [0.05, 0.1) is 0 Å². The summed E-state index contributed by atoms with van der Waals surface area (Å²) in [6.45, 7) is 1.01. The molecule has 1 saturated carbocycles. The smallest absolute Gasteiger partial charge is 0.124 e. The molecule has 0 unspecified atom stereocenters. The van der Waals surface area contributed by atoms with Crippen molar-refractivity contribution in [2.45, 2.75) is 32.1 Å². The number of rotatable bonds is 4. The number of anilines is 1. The summed E-state index contributed by atoms with van der Waals surface area (Å²) in [5, 5.41) is 8.36. The highest BCUT2D eigenvalue weighted by Crippen LogP contribution is 2.28. The summed E-state index contributed by atoms with van der Waals surface area (Å²) in [5.74, 6) is 0.847. The fourth-order valence-corrected chi connectivity index (χ4v) is 3.07. The van der Waals surface area contributed by atoms with Crippen LogP contribution in [0.4, 0.5) is 5.69 Å². The molecule has 0 aliphatic heterocycles. The highest BCUT2D eigenvalue weighted by Gasteiger charge is 2.18. The summed E-state index contributed by atoms with van der Waals surface area (Å²) in [6, 6.07) is 5.52. The van der Waals surface area contributed by atoms with Gasteiger partial charge in [-0.3, -0.25) is 5.41 Å². The van der Waals surface area contributed by atoms with Crippen LogP contribution in [0.5, 0.6) is 0 Å². The Labute approximate surface area is 120 Å². The van der Waals surface area contributed by atoms with Gasteiger partial charge in [0.2, 0.25) is 0 Å². The highest BCUT2D eigenvalue weighted by molar-refractivity contribution is 6.31. The molecule has 0 aromatic heterocycles. The second-order valence-electron chi connectivity index (χ2n) is 5.46. The summed E-state index contributed by atoms with van der Waals surface area (Å²) >= 11 is 6.07. The summed E-state index contributed by atoms with van der Waals surface area (Å²) in [7, 11) is 2.06. The maximum atomic E-state index is 7.67. The fourth-order valence-electron chi connectivity index (χ4n) is 2.90. The van der Waals surface area contributed by atoms with Gasteiger partial charge < -0.3 is 10.6 Å². The topological polar surface area (TPSA) is 53.1 Å². The molecule has 2 rings (SSSR count). The Morgan fingerprint density at radius 2 is 2.05 bits per heavy atom.